The smallest absolute Gasteiger partial charge is 0.244 e. The molecule has 30 heavy (non-hydrogen) atoms. The minimum Gasteiger partial charge on any atom is -0.345 e. The van der Waals surface area contributed by atoms with Gasteiger partial charge in [0.1, 0.15) is 4.90 Å². The Kier molecular flexibility index (Phi) is 6.16. The van der Waals surface area contributed by atoms with E-state index in [0.29, 0.717) is 26.2 Å². The molecule has 1 aliphatic rings. The Morgan fingerprint density at radius 1 is 1.03 bits per heavy atom. The Balaban J connectivity index is 1.43. The van der Waals surface area contributed by atoms with E-state index in [2.05, 4.69) is 42.3 Å². The van der Waals surface area contributed by atoms with Crippen molar-refractivity contribution in [1.29, 1.82) is 0 Å². The fraction of sp³-hybridized carbons (Fsp3) is 0.318. The van der Waals surface area contributed by atoms with Crippen molar-refractivity contribution in [2.24, 2.45) is 0 Å². The molecule has 3 aromatic rings. The molecule has 0 atom stereocenters. The van der Waals surface area contributed by atoms with E-state index in [1.165, 1.54) is 21.0 Å². The fourth-order valence-electron chi connectivity index (χ4n) is 3.63. The Morgan fingerprint density at radius 2 is 1.77 bits per heavy atom. The summed E-state index contributed by atoms with van der Waals surface area (Å²) in [5.41, 5.74) is 4.95. The summed E-state index contributed by atoms with van der Waals surface area (Å²) >= 11 is 7.74. The van der Waals surface area contributed by atoms with Gasteiger partial charge in [-0.05, 0) is 42.7 Å². The zero-order valence-corrected chi connectivity index (χ0v) is 19.4. The van der Waals surface area contributed by atoms with Crippen LogP contribution in [0.5, 0.6) is 0 Å². The number of hydrogen-bond acceptors (Lipinski definition) is 5. The number of sulfonamides is 1. The molecule has 0 unspecified atom stereocenters. The van der Waals surface area contributed by atoms with E-state index in [0.717, 1.165) is 17.2 Å². The lowest BCUT2D eigenvalue weighted by Crippen LogP contribution is -2.48. The van der Waals surface area contributed by atoms with Gasteiger partial charge in [-0.25, -0.2) is 13.4 Å². The average molecular weight is 462 g/mol. The van der Waals surface area contributed by atoms with Crippen LogP contribution in [0.1, 0.15) is 22.4 Å². The number of anilines is 1. The van der Waals surface area contributed by atoms with Crippen molar-refractivity contribution in [3.05, 3.63) is 75.3 Å². The van der Waals surface area contributed by atoms with Gasteiger partial charge in [0.05, 0.1) is 10.7 Å². The Bertz CT molecular complexity index is 1150. The summed E-state index contributed by atoms with van der Waals surface area (Å²) in [6, 6.07) is 13.0. The first-order valence-electron chi connectivity index (χ1n) is 9.85. The topological polar surface area (TPSA) is 53.5 Å². The molecule has 1 aromatic heterocycles. The van der Waals surface area contributed by atoms with Crippen molar-refractivity contribution in [2.75, 3.05) is 31.1 Å². The molecule has 1 aliphatic heterocycles. The third kappa shape index (κ3) is 4.25. The predicted molar refractivity (Wildman–Crippen MR) is 123 cm³/mol. The highest BCUT2D eigenvalue weighted by atomic mass is 35.5. The third-order valence-corrected chi connectivity index (χ3v) is 8.94. The first-order valence-corrected chi connectivity index (χ1v) is 12.5. The SMILES string of the molecule is Cc1cccc(Cc2csc(N3CCN(S(=O)(=O)c4ccccc4Cl)CC3)n2)c1C. The van der Waals surface area contributed by atoms with Crippen LogP contribution in [0.25, 0.3) is 0 Å². The maximum Gasteiger partial charge on any atom is 0.244 e. The molecule has 0 N–H and O–H groups in total. The number of thiazole rings is 1. The van der Waals surface area contributed by atoms with Gasteiger partial charge in [-0.3, -0.25) is 0 Å². The molecule has 2 heterocycles. The second kappa shape index (κ2) is 8.67. The molecule has 8 heteroatoms. The summed E-state index contributed by atoms with van der Waals surface area (Å²) in [6.07, 6.45) is 0.810. The van der Waals surface area contributed by atoms with Gasteiger partial charge in [-0.1, -0.05) is 41.9 Å². The highest BCUT2D eigenvalue weighted by molar-refractivity contribution is 7.89. The molecule has 0 spiro atoms. The largest absolute Gasteiger partial charge is 0.345 e. The second-order valence-corrected chi connectivity index (χ2v) is 10.6. The number of nitrogens with zero attached hydrogens (tertiary/aromatic N) is 3. The molecule has 0 amide bonds. The summed E-state index contributed by atoms with van der Waals surface area (Å²) in [6.45, 7) is 6.33. The lowest BCUT2D eigenvalue weighted by atomic mass is 10.0. The maximum absolute atomic E-state index is 12.9. The van der Waals surface area contributed by atoms with Crippen LogP contribution in [0.15, 0.2) is 52.7 Å². The normalized spacial score (nSPS) is 15.5. The molecule has 0 radical (unpaired) electrons. The number of benzene rings is 2. The molecule has 0 aliphatic carbocycles. The van der Waals surface area contributed by atoms with Gasteiger partial charge in [-0.2, -0.15) is 4.31 Å². The highest BCUT2D eigenvalue weighted by Gasteiger charge is 2.30. The quantitative estimate of drug-likeness (QED) is 0.560. The zero-order chi connectivity index (χ0) is 21.3. The number of aryl methyl sites for hydroxylation is 1. The van der Waals surface area contributed by atoms with Crippen LogP contribution in [0.3, 0.4) is 0 Å². The molecule has 0 saturated carbocycles. The van der Waals surface area contributed by atoms with Crippen LogP contribution < -0.4 is 4.90 Å². The van der Waals surface area contributed by atoms with Crippen molar-refractivity contribution in [3.63, 3.8) is 0 Å². The summed E-state index contributed by atoms with van der Waals surface area (Å²) in [5.74, 6) is 0. The zero-order valence-electron chi connectivity index (χ0n) is 17.0. The van der Waals surface area contributed by atoms with Gasteiger partial charge >= 0.3 is 0 Å². The van der Waals surface area contributed by atoms with Gasteiger partial charge in [0.15, 0.2) is 5.13 Å². The van der Waals surface area contributed by atoms with Gasteiger partial charge in [-0.15, -0.1) is 11.3 Å². The van der Waals surface area contributed by atoms with E-state index < -0.39 is 10.0 Å². The molecule has 5 nitrogen and oxygen atoms in total. The van der Waals surface area contributed by atoms with Crippen molar-refractivity contribution >= 4 is 38.1 Å². The molecule has 4 rings (SSSR count). The summed E-state index contributed by atoms with van der Waals surface area (Å²) < 4.78 is 27.4. The highest BCUT2D eigenvalue weighted by Crippen LogP contribution is 2.28. The molecule has 158 valence electrons. The molecular weight excluding hydrogens is 438 g/mol. The van der Waals surface area contributed by atoms with Crippen LogP contribution in [0.4, 0.5) is 5.13 Å². The lowest BCUT2D eigenvalue weighted by Gasteiger charge is -2.33. The van der Waals surface area contributed by atoms with E-state index in [4.69, 9.17) is 16.6 Å². The van der Waals surface area contributed by atoms with Gasteiger partial charge in [0.2, 0.25) is 10.0 Å². The third-order valence-electron chi connectivity index (χ3n) is 5.59. The van der Waals surface area contributed by atoms with E-state index in [-0.39, 0.29) is 9.92 Å². The monoisotopic (exact) mass is 461 g/mol. The second-order valence-electron chi connectivity index (χ2n) is 7.48. The summed E-state index contributed by atoms with van der Waals surface area (Å²) in [4.78, 5) is 7.15. The number of aromatic nitrogens is 1. The molecule has 2 aromatic carbocycles. The van der Waals surface area contributed by atoms with Gasteiger partial charge < -0.3 is 4.90 Å². The minimum absolute atomic E-state index is 0.171. The first kappa shape index (κ1) is 21.3. The Morgan fingerprint density at radius 3 is 2.50 bits per heavy atom. The van der Waals surface area contributed by atoms with Crippen molar-refractivity contribution in [1.82, 2.24) is 9.29 Å². The Hall–Kier alpha value is -1.93. The van der Waals surface area contributed by atoms with Gasteiger partial charge in [0, 0.05) is 38.0 Å². The number of halogens is 1. The molecule has 0 bridgehead atoms. The van der Waals surface area contributed by atoms with E-state index in [9.17, 15) is 8.42 Å². The van der Waals surface area contributed by atoms with E-state index >= 15 is 0 Å². The lowest BCUT2D eigenvalue weighted by molar-refractivity contribution is 0.384. The first-order chi connectivity index (χ1) is 14.4. The number of hydrogen-bond donors (Lipinski definition) is 0. The summed E-state index contributed by atoms with van der Waals surface area (Å²) in [5, 5.41) is 3.31. The van der Waals surface area contributed by atoms with E-state index in [1.807, 2.05) is 0 Å². The minimum atomic E-state index is -3.58. The van der Waals surface area contributed by atoms with Crippen LogP contribution in [0, 0.1) is 13.8 Å². The average Bonchev–Trinajstić information content (AvgIpc) is 3.20. The molecule has 1 saturated heterocycles. The number of piperazine rings is 1. The van der Waals surface area contributed by atoms with Crippen molar-refractivity contribution < 1.29 is 8.42 Å². The predicted octanol–water partition coefficient (Wildman–Crippen LogP) is 4.52. The standard InChI is InChI=1S/C22H24ClN3O2S2/c1-16-6-5-7-18(17(16)2)14-19-15-29-22(24-19)25-10-12-26(13-11-25)30(27,28)21-9-4-3-8-20(21)23/h3-9,15H,10-14H2,1-2H3. The molecule has 1 fully saturated rings. The van der Waals surface area contributed by atoms with Crippen LogP contribution in [-0.4, -0.2) is 43.9 Å². The van der Waals surface area contributed by atoms with Gasteiger partial charge in [0.25, 0.3) is 0 Å². The molecular formula is C22H24ClN3O2S2. The van der Waals surface area contributed by atoms with Crippen molar-refractivity contribution in [3.8, 4) is 0 Å². The van der Waals surface area contributed by atoms with Crippen LogP contribution in [-0.2, 0) is 16.4 Å². The maximum atomic E-state index is 12.9. The van der Waals surface area contributed by atoms with Crippen molar-refractivity contribution in [2.45, 2.75) is 25.2 Å². The fourth-order valence-corrected chi connectivity index (χ4v) is 6.43. The summed E-state index contributed by atoms with van der Waals surface area (Å²) in [7, 11) is -3.58. The Labute approximate surface area is 187 Å². The van der Waals surface area contributed by atoms with Crippen LogP contribution in [0.2, 0.25) is 5.02 Å². The number of rotatable bonds is 5. The van der Waals surface area contributed by atoms with Crippen LogP contribution >= 0.6 is 22.9 Å². The van der Waals surface area contributed by atoms with E-state index in [1.54, 1.807) is 35.6 Å².